The number of carbonyl (C=O) groups excluding carboxylic acids is 2. The normalized spacial score (nSPS) is 10.4. The van der Waals surface area contributed by atoms with E-state index in [-0.39, 0.29) is 11.5 Å². The van der Waals surface area contributed by atoms with E-state index in [4.69, 9.17) is 0 Å². The van der Waals surface area contributed by atoms with Crippen LogP contribution >= 0.6 is 22.7 Å². The van der Waals surface area contributed by atoms with Crippen LogP contribution in [0.3, 0.4) is 0 Å². The summed E-state index contributed by atoms with van der Waals surface area (Å²) in [5.41, 5.74) is 0.746. The second kappa shape index (κ2) is 4.95. The first kappa shape index (κ1) is 12.8. The first-order chi connectivity index (χ1) is 8.52. The summed E-state index contributed by atoms with van der Waals surface area (Å²) in [5.74, 6) is -0.805. The molecule has 0 saturated carbocycles. The van der Waals surface area contributed by atoms with Crippen LogP contribution < -0.4 is 0 Å². The molecule has 0 fully saturated rings. The van der Waals surface area contributed by atoms with Gasteiger partial charge in [0.2, 0.25) is 0 Å². The number of rotatable bonds is 3. The molecule has 0 radical (unpaired) electrons. The van der Waals surface area contributed by atoms with Crippen LogP contribution in [0.5, 0.6) is 0 Å². The smallest absolute Gasteiger partial charge is 0.358 e. The molecular weight excluding hydrogens is 272 g/mol. The maximum atomic E-state index is 11.5. The van der Waals surface area contributed by atoms with Crippen LogP contribution in [0.15, 0.2) is 5.38 Å². The standard InChI is InChI=1S/C11H10N2O3S2/c1-5(14)9-8(11(15)16-3)13-10(18-9)7-4-17-6(2)12-7/h4H,1-3H3. The minimum absolute atomic E-state index is 0.0654. The van der Waals surface area contributed by atoms with Gasteiger partial charge in [-0.25, -0.2) is 14.8 Å². The quantitative estimate of drug-likeness (QED) is 0.639. The van der Waals surface area contributed by atoms with Gasteiger partial charge >= 0.3 is 5.97 Å². The van der Waals surface area contributed by atoms with Crippen molar-refractivity contribution in [1.82, 2.24) is 9.97 Å². The molecule has 0 aromatic carbocycles. The highest BCUT2D eigenvalue weighted by molar-refractivity contribution is 7.17. The van der Waals surface area contributed by atoms with Gasteiger partial charge in [0, 0.05) is 12.3 Å². The molecule has 2 aromatic rings. The Balaban J connectivity index is 2.52. The third kappa shape index (κ3) is 2.32. The van der Waals surface area contributed by atoms with Crippen molar-refractivity contribution in [3.8, 4) is 10.7 Å². The molecule has 2 aromatic heterocycles. The van der Waals surface area contributed by atoms with Crippen molar-refractivity contribution in [2.75, 3.05) is 7.11 Å². The molecule has 7 heteroatoms. The molecule has 0 aliphatic carbocycles. The highest BCUT2D eigenvalue weighted by atomic mass is 32.1. The second-order valence-electron chi connectivity index (χ2n) is 3.50. The van der Waals surface area contributed by atoms with Crippen molar-refractivity contribution in [2.24, 2.45) is 0 Å². The maximum Gasteiger partial charge on any atom is 0.358 e. The molecule has 0 aliphatic rings. The van der Waals surface area contributed by atoms with Gasteiger partial charge < -0.3 is 4.74 Å². The van der Waals surface area contributed by atoms with E-state index < -0.39 is 5.97 Å². The van der Waals surface area contributed by atoms with Crippen molar-refractivity contribution in [1.29, 1.82) is 0 Å². The zero-order chi connectivity index (χ0) is 13.3. The van der Waals surface area contributed by atoms with E-state index in [0.717, 1.165) is 16.3 Å². The maximum absolute atomic E-state index is 11.5. The van der Waals surface area contributed by atoms with Gasteiger partial charge in [0.15, 0.2) is 11.5 Å². The highest BCUT2D eigenvalue weighted by Crippen LogP contribution is 2.29. The Morgan fingerprint density at radius 3 is 2.56 bits per heavy atom. The summed E-state index contributed by atoms with van der Waals surface area (Å²) in [6.45, 7) is 3.28. The number of hydrogen-bond acceptors (Lipinski definition) is 7. The fourth-order valence-electron chi connectivity index (χ4n) is 1.36. The van der Waals surface area contributed by atoms with Gasteiger partial charge in [-0.1, -0.05) is 0 Å². The molecule has 0 N–H and O–H groups in total. The van der Waals surface area contributed by atoms with Gasteiger partial charge in [-0.2, -0.15) is 0 Å². The third-order valence-corrected chi connectivity index (χ3v) is 4.12. The zero-order valence-electron chi connectivity index (χ0n) is 10.0. The number of aromatic nitrogens is 2. The van der Waals surface area contributed by atoms with E-state index >= 15 is 0 Å². The Bertz CT molecular complexity index is 616. The SMILES string of the molecule is COC(=O)c1nc(-c2csc(C)n2)sc1C(C)=O. The van der Waals surface area contributed by atoms with Crippen molar-refractivity contribution >= 4 is 34.4 Å². The van der Waals surface area contributed by atoms with Crippen LogP contribution in [0.4, 0.5) is 0 Å². The number of esters is 1. The summed E-state index contributed by atoms with van der Waals surface area (Å²) < 4.78 is 4.62. The minimum Gasteiger partial charge on any atom is -0.464 e. The molecule has 0 atom stereocenters. The lowest BCUT2D eigenvalue weighted by atomic mass is 10.3. The first-order valence-corrected chi connectivity index (χ1v) is 6.75. The number of ketones is 1. The Morgan fingerprint density at radius 2 is 2.06 bits per heavy atom. The fraction of sp³-hybridized carbons (Fsp3) is 0.273. The van der Waals surface area contributed by atoms with Crippen LogP contribution in [0.2, 0.25) is 0 Å². The van der Waals surface area contributed by atoms with E-state index in [2.05, 4.69) is 14.7 Å². The number of nitrogens with zero attached hydrogens (tertiary/aromatic N) is 2. The molecule has 2 rings (SSSR count). The zero-order valence-corrected chi connectivity index (χ0v) is 11.6. The Labute approximate surface area is 111 Å². The average Bonchev–Trinajstić information content (AvgIpc) is 2.93. The van der Waals surface area contributed by atoms with Gasteiger partial charge in [-0.3, -0.25) is 4.79 Å². The molecule has 0 bridgehead atoms. The summed E-state index contributed by atoms with van der Waals surface area (Å²) in [5, 5.41) is 3.31. The average molecular weight is 282 g/mol. The largest absolute Gasteiger partial charge is 0.464 e. The van der Waals surface area contributed by atoms with Gasteiger partial charge in [-0.05, 0) is 6.92 Å². The predicted octanol–water partition coefficient (Wildman–Crippen LogP) is 2.56. The molecule has 94 valence electrons. The van der Waals surface area contributed by atoms with E-state index in [0.29, 0.717) is 15.6 Å². The number of carbonyl (C=O) groups is 2. The van der Waals surface area contributed by atoms with Gasteiger partial charge in [0.1, 0.15) is 15.6 Å². The number of Topliss-reactive ketones (excluding diaryl/α,β-unsaturated/α-hetero) is 1. The van der Waals surface area contributed by atoms with Crippen LogP contribution in [0.25, 0.3) is 10.7 Å². The molecule has 0 amide bonds. The number of thiazole rings is 2. The summed E-state index contributed by atoms with van der Waals surface area (Å²) in [4.78, 5) is 31.8. The molecule has 0 unspecified atom stereocenters. The van der Waals surface area contributed by atoms with E-state index in [1.165, 1.54) is 25.4 Å². The Hall–Kier alpha value is -1.60. The highest BCUT2D eigenvalue weighted by Gasteiger charge is 2.23. The lowest BCUT2D eigenvalue weighted by Gasteiger charge is -1.95. The van der Waals surface area contributed by atoms with Crippen LogP contribution in [-0.4, -0.2) is 28.8 Å². The van der Waals surface area contributed by atoms with Gasteiger partial charge in [-0.15, -0.1) is 22.7 Å². The van der Waals surface area contributed by atoms with Crippen molar-refractivity contribution in [3.63, 3.8) is 0 Å². The summed E-state index contributed by atoms with van der Waals surface area (Å²) in [6.07, 6.45) is 0. The van der Waals surface area contributed by atoms with Crippen molar-refractivity contribution < 1.29 is 14.3 Å². The van der Waals surface area contributed by atoms with E-state index in [1.807, 2.05) is 12.3 Å². The second-order valence-corrected chi connectivity index (χ2v) is 5.56. The molecule has 18 heavy (non-hydrogen) atoms. The number of hydrogen-bond donors (Lipinski definition) is 0. The topological polar surface area (TPSA) is 69.2 Å². The Kier molecular flexibility index (Phi) is 3.53. The predicted molar refractivity (Wildman–Crippen MR) is 69.3 cm³/mol. The molecule has 0 aliphatic heterocycles. The summed E-state index contributed by atoms with van der Waals surface area (Å²) in [6, 6.07) is 0. The number of ether oxygens (including phenoxy) is 1. The molecular formula is C11H10N2O3S2. The number of aryl methyl sites for hydroxylation is 1. The van der Waals surface area contributed by atoms with Crippen LogP contribution in [0, 0.1) is 6.92 Å². The van der Waals surface area contributed by atoms with Crippen molar-refractivity contribution in [3.05, 3.63) is 21.0 Å². The number of methoxy groups -OCH3 is 1. The van der Waals surface area contributed by atoms with Gasteiger partial charge in [0.05, 0.1) is 12.1 Å². The monoisotopic (exact) mass is 282 g/mol. The van der Waals surface area contributed by atoms with Crippen LogP contribution in [-0.2, 0) is 4.74 Å². The summed E-state index contributed by atoms with van der Waals surface area (Å²) >= 11 is 2.65. The molecule has 0 saturated heterocycles. The molecule has 2 heterocycles. The van der Waals surface area contributed by atoms with Crippen LogP contribution in [0.1, 0.15) is 32.1 Å². The molecule has 0 spiro atoms. The summed E-state index contributed by atoms with van der Waals surface area (Å²) in [7, 11) is 1.26. The van der Waals surface area contributed by atoms with Gasteiger partial charge in [0.25, 0.3) is 0 Å². The fourth-order valence-corrected chi connectivity index (χ4v) is 2.95. The lowest BCUT2D eigenvalue weighted by molar-refractivity contribution is 0.0591. The minimum atomic E-state index is -0.602. The van der Waals surface area contributed by atoms with Crippen molar-refractivity contribution in [2.45, 2.75) is 13.8 Å². The lowest BCUT2D eigenvalue weighted by Crippen LogP contribution is -2.06. The third-order valence-electron chi connectivity index (χ3n) is 2.16. The van der Waals surface area contributed by atoms with E-state index in [9.17, 15) is 9.59 Å². The Morgan fingerprint density at radius 1 is 1.33 bits per heavy atom. The first-order valence-electron chi connectivity index (χ1n) is 5.05. The van der Waals surface area contributed by atoms with E-state index in [1.54, 1.807) is 0 Å². The molecule has 5 nitrogen and oxygen atoms in total.